The fourth-order valence-corrected chi connectivity index (χ4v) is 9.37. The lowest BCUT2D eigenvalue weighted by atomic mass is 9.97. The zero-order valence-electron chi connectivity index (χ0n) is 56.3. The van der Waals surface area contributed by atoms with Crippen LogP contribution in [0.25, 0.3) is 0 Å². The number of benzene rings is 1. The van der Waals surface area contributed by atoms with Gasteiger partial charge >= 0.3 is 23.9 Å². The largest absolute Gasteiger partial charge is 0.481 e. The Kier molecular flexibility index (Phi) is 37.7. The minimum atomic E-state index is -2.05. The lowest BCUT2D eigenvalue weighted by molar-refractivity contribution is -0.870. The summed E-state index contributed by atoms with van der Waals surface area (Å²) in [5.74, 6) is -19.0. The molecule has 1 aromatic rings. The number of aliphatic carboxylic acids is 4. The summed E-state index contributed by atoms with van der Waals surface area (Å²) in [5, 5.41) is 73.4. The van der Waals surface area contributed by atoms with Crippen LogP contribution in [-0.4, -0.2) is 232 Å². The number of aliphatic hydroxyl groups excluding tert-OH is 1. The number of aliphatic imine (C=N–C) groups is 1. The van der Waals surface area contributed by atoms with Gasteiger partial charge in [0.05, 0.1) is 52.7 Å². The van der Waals surface area contributed by atoms with E-state index in [0.717, 1.165) is 6.92 Å². The van der Waals surface area contributed by atoms with Crippen LogP contribution in [0.1, 0.15) is 131 Å². The van der Waals surface area contributed by atoms with Crippen molar-refractivity contribution in [1.29, 1.82) is 0 Å². The summed E-state index contributed by atoms with van der Waals surface area (Å²) >= 11 is 0. The molecule has 36 heteroatoms. The van der Waals surface area contributed by atoms with Gasteiger partial charge in [0.1, 0.15) is 60.4 Å². The molecule has 13 atom stereocenters. The molecule has 23 N–H and O–H groups in total. The van der Waals surface area contributed by atoms with Gasteiger partial charge in [-0.05, 0) is 82.6 Å². The van der Waals surface area contributed by atoms with Crippen LogP contribution in [0.15, 0.2) is 35.3 Å². The number of hydrogen-bond acceptors (Lipinski definition) is 18. The van der Waals surface area contributed by atoms with E-state index in [1.807, 2.05) is 21.1 Å². The Morgan fingerprint density at radius 3 is 1.44 bits per heavy atom. The van der Waals surface area contributed by atoms with Crippen LogP contribution in [0.2, 0.25) is 0 Å². The van der Waals surface area contributed by atoms with E-state index in [1.54, 1.807) is 58.0 Å². The molecular weight excluding hydrogens is 1280 g/mol. The molecule has 0 saturated carbocycles. The second-order valence-electron chi connectivity index (χ2n) is 25.1. The van der Waals surface area contributed by atoms with Gasteiger partial charge in [-0.25, -0.2) is 4.79 Å². The minimum Gasteiger partial charge on any atom is -0.481 e. The molecule has 0 aliphatic heterocycles. The second-order valence-corrected chi connectivity index (χ2v) is 25.1. The van der Waals surface area contributed by atoms with E-state index in [-0.39, 0.29) is 63.4 Å². The highest BCUT2D eigenvalue weighted by atomic mass is 16.4. The van der Waals surface area contributed by atoms with E-state index in [9.17, 15) is 92.3 Å². The van der Waals surface area contributed by atoms with Gasteiger partial charge in [0.25, 0.3) is 0 Å². The van der Waals surface area contributed by atoms with Crippen molar-refractivity contribution in [3.8, 4) is 0 Å². The molecule has 36 nitrogen and oxygen atoms in total. The molecule has 97 heavy (non-hydrogen) atoms. The Morgan fingerprint density at radius 1 is 0.485 bits per heavy atom. The summed E-state index contributed by atoms with van der Waals surface area (Å²) in [6, 6.07) is -10.2. The predicted molar refractivity (Wildman–Crippen MR) is 348 cm³/mol. The highest BCUT2D eigenvalue weighted by Crippen LogP contribution is 2.14. The van der Waals surface area contributed by atoms with Crippen molar-refractivity contribution in [3.63, 3.8) is 0 Å². The number of guanidine groups is 1. The van der Waals surface area contributed by atoms with E-state index in [4.69, 9.17) is 28.0 Å². The number of primary amides is 1. The molecule has 13 unspecified atom stereocenters. The third-order valence-electron chi connectivity index (χ3n) is 15.0. The fraction of sp³-hybridized carbons (Fsp3) is 0.639. The molecule has 0 aromatic heterocycles. The van der Waals surface area contributed by atoms with Crippen molar-refractivity contribution in [1.82, 2.24) is 53.2 Å². The quantitative estimate of drug-likeness (QED) is 0.0126. The van der Waals surface area contributed by atoms with Crippen molar-refractivity contribution in [3.05, 3.63) is 35.9 Å². The maximum absolute atomic E-state index is 14.7. The smallest absolute Gasteiger partial charge is 0.326 e. The summed E-state index contributed by atoms with van der Waals surface area (Å²) in [6.07, 6.45) is -5.49. The SMILES string of the molecule is CCC(C)C(NC(=O)C(N)CCC(=O)O)C(=O)NC(C)C(=O)NC(CCC(N)=O)C(=O)NC(CC(=O)O)C(=O)NC(Cc1ccccc1)C(=O)NC(CCCC[N+](C)(C)C)C(=O)NC(C(=O)NC(CC(=O)O)C(=O)NC(CC(C)C)C(=O)NC(CCCN=C(N)N)C(=O)O)C(C)O. The van der Waals surface area contributed by atoms with Crippen LogP contribution < -0.4 is 76.1 Å². The topological polar surface area (TPSA) is 594 Å². The van der Waals surface area contributed by atoms with Crippen LogP contribution >= 0.6 is 0 Å². The van der Waals surface area contributed by atoms with Crippen molar-refractivity contribution in [2.75, 3.05) is 34.2 Å². The van der Waals surface area contributed by atoms with Gasteiger partial charge in [-0.1, -0.05) is 64.4 Å². The van der Waals surface area contributed by atoms with Crippen LogP contribution in [0.3, 0.4) is 0 Å². The summed E-state index contributed by atoms with van der Waals surface area (Å²) in [4.78, 5) is 203. The predicted octanol–water partition coefficient (Wildman–Crippen LogP) is -5.01. The zero-order valence-corrected chi connectivity index (χ0v) is 56.3. The highest BCUT2D eigenvalue weighted by Gasteiger charge is 2.38. The number of aliphatic hydroxyl groups is 1. The number of nitrogens with one attached hydrogen (secondary N) is 10. The van der Waals surface area contributed by atoms with Gasteiger partial charge in [0, 0.05) is 25.8 Å². The number of carboxylic acids is 4. The van der Waals surface area contributed by atoms with E-state index in [2.05, 4.69) is 58.2 Å². The Labute approximate surface area is 562 Å². The molecule has 0 fully saturated rings. The standard InChI is InChI=1S/C61H100N16O20/c1-10-32(4)48(75-51(87)36(62)21-24-45(80)81)58(94)67-33(5)50(86)68-38(22-23-44(63)79)52(88)73-42(29-46(82)83)56(92)72-41(28-35-17-12-11-13-18-35)55(91)69-37(19-14-15-26-77(7,8)9)53(89)76-49(34(6)78)59(95)74-43(30-47(84)85)57(93)71-40(27-31(2)3)54(90)70-39(60(96)97)20-16-25-66-61(64)65/h11-13,17-18,31-34,36-43,48-49,78H,10,14-16,19-30,62H2,1-9H3,(H19-,63,64,65,66,67,68,69,70,71,72,73,74,75,76,79,80,81,82,83,84,85,86,87,88,89,90,91,92,93,94,95,96,97)/p+1. The van der Waals surface area contributed by atoms with Crippen molar-refractivity contribution >= 4 is 94.8 Å². The number of nitrogens with zero attached hydrogens (tertiary/aromatic N) is 2. The molecule has 0 radical (unpaired) electrons. The summed E-state index contributed by atoms with van der Waals surface area (Å²) in [7, 11) is 5.68. The Bertz CT molecular complexity index is 2910. The fourth-order valence-electron chi connectivity index (χ4n) is 9.37. The molecular formula is C61H101N16O20+. The van der Waals surface area contributed by atoms with Gasteiger partial charge in [0.15, 0.2) is 5.96 Å². The second kappa shape index (κ2) is 42.8. The first-order chi connectivity index (χ1) is 45.2. The summed E-state index contributed by atoms with van der Waals surface area (Å²) in [5.41, 5.74) is 22.3. The molecule has 1 aromatic carbocycles. The highest BCUT2D eigenvalue weighted by molar-refractivity contribution is 6.00. The summed E-state index contributed by atoms with van der Waals surface area (Å²) < 4.78 is 0.471. The first-order valence-corrected chi connectivity index (χ1v) is 31.7. The van der Waals surface area contributed by atoms with Crippen LogP contribution in [0.4, 0.5) is 0 Å². The number of carboxylic acid groups (broad SMARTS) is 4. The number of carbonyl (C=O) groups excluding carboxylic acids is 11. The molecule has 0 spiro atoms. The van der Waals surface area contributed by atoms with Crippen LogP contribution in [0, 0.1) is 11.8 Å². The molecule has 0 aliphatic carbocycles. The van der Waals surface area contributed by atoms with Gasteiger partial charge in [-0.2, -0.15) is 0 Å². The zero-order chi connectivity index (χ0) is 74.0. The Hall–Kier alpha value is -9.58. The van der Waals surface area contributed by atoms with Gasteiger partial charge in [-0.3, -0.25) is 72.1 Å². The minimum absolute atomic E-state index is 0.0289. The van der Waals surface area contributed by atoms with Crippen molar-refractivity contribution < 1.29 is 102 Å². The molecule has 11 amide bonds. The van der Waals surface area contributed by atoms with Crippen LogP contribution in [0.5, 0.6) is 0 Å². The van der Waals surface area contributed by atoms with Gasteiger partial charge < -0.3 is 106 Å². The Balaban J connectivity index is 3.71. The van der Waals surface area contributed by atoms with Gasteiger partial charge in [0.2, 0.25) is 65.0 Å². The van der Waals surface area contributed by atoms with E-state index in [1.165, 1.54) is 6.92 Å². The van der Waals surface area contributed by atoms with E-state index < -0.39 is 199 Å². The number of rotatable bonds is 47. The molecule has 0 saturated heterocycles. The molecule has 0 bridgehead atoms. The number of nitrogens with two attached hydrogens (primary N) is 4. The maximum atomic E-state index is 14.7. The number of carbonyl (C=O) groups is 15. The third kappa shape index (κ3) is 34.6. The monoisotopic (exact) mass is 1380 g/mol. The van der Waals surface area contributed by atoms with E-state index >= 15 is 0 Å². The molecule has 0 aliphatic rings. The molecule has 1 rings (SSSR count). The van der Waals surface area contributed by atoms with Crippen LogP contribution in [-0.2, 0) is 78.3 Å². The van der Waals surface area contributed by atoms with Gasteiger partial charge in [-0.15, -0.1) is 0 Å². The number of amides is 11. The first-order valence-electron chi connectivity index (χ1n) is 31.7. The average molecular weight is 1380 g/mol. The van der Waals surface area contributed by atoms with E-state index in [0.29, 0.717) is 29.4 Å². The lowest BCUT2D eigenvalue weighted by Gasteiger charge is -2.29. The number of quaternary nitrogens is 1. The summed E-state index contributed by atoms with van der Waals surface area (Å²) in [6.45, 7) is 9.50. The average Bonchev–Trinajstić information content (AvgIpc) is 0.910. The van der Waals surface area contributed by atoms with Crippen molar-refractivity contribution in [2.45, 2.75) is 204 Å². The number of hydrogen-bond donors (Lipinski definition) is 19. The van der Waals surface area contributed by atoms with Crippen molar-refractivity contribution in [2.24, 2.45) is 39.8 Å². The third-order valence-corrected chi connectivity index (χ3v) is 15.0. The molecule has 0 heterocycles. The maximum Gasteiger partial charge on any atom is 0.326 e. The lowest BCUT2D eigenvalue weighted by Crippen LogP contribution is -2.62. The normalized spacial score (nSPS) is 15.3. The number of unbranched alkanes of at least 4 members (excludes halogenated alkanes) is 1. The first kappa shape index (κ1) is 85.4. The Morgan fingerprint density at radius 2 is 0.938 bits per heavy atom. The molecule has 544 valence electrons.